The topological polar surface area (TPSA) is 29.9 Å². The van der Waals surface area contributed by atoms with Crippen molar-refractivity contribution in [3.63, 3.8) is 0 Å². The van der Waals surface area contributed by atoms with Crippen LogP contribution in [0.4, 0.5) is 0 Å². The Morgan fingerprint density at radius 1 is 1.50 bits per heavy atom. The summed E-state index contributed by atoms with van der Waals surface area (Å²) in [5.74, 6) is 0. The van der Waals surface area contributed by atoms with Crippen molar-refractivity contribution >= 4 is 11.0 Å². The first-order valence-electron chi connectivity index (χ1n) is 5.98. The minimum absolute atomic E-state index is 0.623. The van der Waals surface area contributed by atoms with E-state index in [-0.39, 0.29) is 0 Å². The van der Waals surface area contributed by atoms with Crippen LogP contribution in [0.1, 0.15) is 18.4 Å². The highest BCUT2D eigenvalue weighted by Crippen LogP contribution is 2.16. The summed E-state index contributed by atoms with van der Waals surface area (Å²) in [6.07, 6.45) is 4.55. The van der Waals surface area contributed by atoms with Crippen LogP contribution in [-0.4, -0.2) is 22.1 Å². The van der Waals surface area contributed by atoms with Crippen LogP contribution in [0.15, 0.2) is 24.5 Å². The molecule has 3 nitrogen and oxygen atoms in total. The first kappa shape index (κ1) is 9.85. The first-order chi connectivity index (χ1) is 7.83. The van der Waals surface area contributed by atoms with Gasteiger partial charge in [0.25, 0.3) is 0 Å². The third-order valence-electron chi connectivity index (χ3n) is 3.36. The molecule has 1 atom stereocenters. The Bertz CT molecular complexity index is 495. The zero-order chi connectivity index (χ0) is 11.0. The van der Waals surface area contributed by atoms with Crippen molar-refractivity contribution in [2.75, 3.05) is 6.54 Å². The van der Waals surface area contributed by atoms with E-state index < -0.39 is 0 Å². The van der Waals surface area contributed by atoms with Crippen molar-refractivity contribution in [3.8, 4) is 0 Å². The summed E-state index contributed by atoms with van der Waals surface area (Å²) in [5.41, 5.74) is 3.66. The molecule has 0 aliphatic carbocycles. The minimum Gasteiger partial charge on any atom is -0.329 e. The van der Waals surface area contributed by atoms with E-state index in [1.54, 1.807) is 0 Å². The maximum Gasteiger partial charge on any atom is 0.0958 e. The summed E-state index contributed by atoms with van der Waals surface area (Å²) in [6, 6.07) is 7.06. The van der Waals surface area contributed by atoms with Crippen LogP contribution in [-0.2, 0) is 6.54 Å². The van der Waals surface area contributed by atoms with Gasteiger partial charge in [0.15, 0.2) is 0 Å². The molecule has 1 fully saturated rings. The molecule has 1 saturated heterocycles. The van der Waals surface area contributed by atoms with Gasteiger partial charge in [0.05, 0.1) is 17.4 Å². The molecule has 1 N–H and O–H groups in total. The third-order valence-corrected chi connectivity index (χ3v) is 3.36. The molecule has 84 valence electrons. The first-order valence-corrected chi connectivity index (χ1v) is 5.98. The summed E-state index contributed by atoms with van der Waals surface area (Å²) in [5, 5.41) is 3.53. The SMILES string of the molecule is Cc1ccc2ncn(CC3CCCN3)c2c1. The van der Waals surface area contributed by atoms with Gasteiger partial charge in [-0.25, -0.2) is 4.98 Å². The second-order valence-corrected chi connectivity index (χ2v) is 4.68. The number of nitrogens with zero attached hydrogens (tertiary/aromatic N) is 2. The zero-order valence-corrected chi connectivity index (χ0v) is 9.61. The molecule has 16 heavy (non-hydrogen) atoms. The highest BCUT2D eigenvalue weighted by Gasteiger charge is 2.15. The van der Waals surface area contributed by atoms with Crippen LogP contribution in [0.25, 0.3) is 11.0 Å². The molecule has 3 heteroatoms. The maximum absolute atomic E-state index is 4.44. The van der Waals surface area contributed by atoms with E-state index in [0.717, 1.165) is 18.6 Å². The molecule has 1 aliphatic heterocycles. The fourth-order valence-corrected chi connectivity index (χ4v) is 2.46. The quantitative estimate of drug-likeness (QED) is 0.831. The lowest BCUT2D eigenvalue weighted by Crippen LogP contribution is -2.26. The van der Waals surface area contributed by atoms with E-state index in [1.807, 2.05) is 6.33 Å². The second kappa shape index (κ2) is 3.91. The lowest BCUT2D eigenvalue weighted by atomic mass is 10.2. The number of benzene rings is 1. The van der Waals surface area contributed by atoms with E-state index in [4.69, 9.17) is 0 Å². The van der Waals surface area contributed by atoms with Gasteiger partial charge in [-0.3, -0.25) is 0 Å². The van der Waals surface area contributed by atoms with Crippen LogP contribution in [0.2, 0.25) is 0 Å². The van der Waals surface area contributed by atoms with Gasteiger partial charge < -0.3 is 9.88 Å². The molecular weight excluding hydrogens is 198 g/mol. The van der Waals surface area contributed by atoms with E-state index in [9.17, 15) is 0 Å². The Morgan fingerprint density at radius 3 is 3.25 bits per heavy atom. The van der Waals surface area contributed by atoms with Gasteiger partial charge in [0.1, 0.15) is 0 Å². The molecule has 2 aromatic rings. The number of aryl methyl sites for hydroxylation is 1. The van der Waals surface area contributed by atoms with Gasteiger partial charge in [-0.1, -0.05) is 6.07 Å². The normalized spacial score (nSPS) is 20.7. The number of imidazole rings is 1. The number of hydrogen-bond acceptors (Lipinski definition) is 2. The zero-order valence-electron chi connectivity index (χ0n) is 9.61. The molecule has 1 aliphatic rings. The van der Waals surface area contributed by atoms with Crippen LogP contribution < -0.4 is 5.32 Å². The van der Waals surface area contributed by atoms with E-state index in [0.29, 0.717) is 6.04 Å². The molecule has 0 spiro atoms. The number of nitrogens with one attached hydrogen (secondary N) is 1. The van der Waals surface area contributed by atoms with E-state index in [2.05, 4.69) is 40.0 Å². The maximum atomic E-state index is 4.44. The molecule has 1 aromatic carbocycles. The largest absolute Gasteiger partial charge is 0.329 e. The number of rotatable bonds is 2. The fourth-order valence-electron chi connectivity index (χ4n) is 2.46. The van der Waals surface area contributed by atoms with Crippen molar-refractivity contribution in [2.24, 2.45) is 0 Å². The Balaban J connectivity index is 1.93. The molecule has 0 bridgehead atoms. The standard InChI is InChI=1S/C13H17N3/c1-10-4-5-12-13(7-10)16(9-15-12)8-11-3-2-6-14-11/h4-5,7,9,11,14H,2-3,6,8H2,1H3. The van der Waals surface area contributed by atoms with Gasteiger partial charge >= 0.3 is 0 Å². The van der Waals surface area contributed by atoms with E-state index >= 15 is 0 Å². The molecular formula is C13H17N3. The molecule has 1 unspecified atom stereocenters. The van der Waals surface area contributed by atoms with Crippen molar-refractivity contribution in [2.45, 2.75) is 32.4 Å². The molecule has 2 heterocycles. The predicted molar refractivity (Wildman–Crippen MR) is 65.5 cm³/mol. The van der Waals surface area contributed by atoms with Crippen molar-refractivity contribution < 1.29 is 0 Å². The summed E-state index contributed by atoms with van der Waals surface area (Å²) in [7, 11) is 0. The Kier molecular flexibility index (Phi) is 2.40. The molecule has 0 radical (unpaired) electrons. The number of aromatic nitrogens is 2. The predicted octanol–water partition coefficient (Wildman–Crippen LogP) is 2.10. The highest BCUT2D eigenvalue weighted by atomic mass is 15.1. The van der Waals surface area contributed by atoms with Crippen LogP contribution in [0, 0.1) is 6.92 Å². The van der Waals surface area contributed by atoms with Crippen molar-refractivity contribution in [3.05, 3.63) is 30.1 Å². The summed E-state index contributed by atoms with van der Waals surface area (Å²) in [6.45, 7) is 4.33. The van der Waals surface area contributed by atoms with Gasteiger partial charge in [-0.15, -0.1) is 0 Å². The minimum atomic E-state index is 0.623. The van der Waals surface area contributed by atoms with Gasteiger partial charge in [-0.2, -0.15) is 0 Å². The van der Waals surface area contributed by atoms with E-state index in [1.165, 1.54) is 23.9 Å². The average Bonchev–Trinajstić information content (AvgIpc) is 2.90. The average molecular weight is 215 g/mol. The van der Waals surface area contributed by atoms with Gasteiger partial charge in [0.2, 0.25) is 0 Å². The van der Waals surface area contributed by atoms with Crippen molar-refractivity contribution in [1.29, 1.82) is 0 Å². The molecule has 1 aromatic heterocycles. The number of hydrogen-bond donors (Lipinski definition) is 1. The Labute approximate surface area is 95.5 Å². The highest BCUT2D eigenvalue weighted by molar-refractivity contribution is 5.76. The van der Waals surface area contributed by atoms with Crippen LogP contribution >= 0.6 is 0 Å². The third kappa shape index (κ3) is 1.71. The number of fused-ring (bicyclic) bond motifs is 1. The smallest absolute Gasteiger partial charge is 0.0958 e. The summed E-state index contributed by atoms with van der Waals surface area (Å²) >= 11 is 0. The van der Waals surface area contributed by atoms with Crippen molar-refractivity contribution in [1.82, 2.24) is 14.9 Å². The lowest BCUT2D eigenvalue weighted by molar-refractivity contribution is 0.517. The Morgan fingerprint density at radius 2 is 2.44 bits per heavy atom. The summed E-state index contributed by atoms with van der Waals surface area (Å²) in [4.78, 5) is 4.44. The molecule has 3 rings (SSSR count). The Hall–Kier alpha value is -1.35. The monoisotopic (exact) mass is 215 g/mol. The molecule has 0 amide bonds. The summed E-state index contributed by atoms with van der Waals surface area (Å²) < 4.78 is 2.27. The van der Waals surface area contributed by atoms with Gasteiger partial charge in [-0.05, 0) is 44.0 Å². The van der Waals surface area contributed by atoms with Crippen LogP contribution in [0.3, 0.4) is 0 Å². The van der Waals surface area contributed by atoms with Crippen LogP contribution in [0.5, 0.6) is 0 Å². The van der Waals surface area contributed by atoms with Gasteiger partial charge in [0, 0.05) is 12.6 Å². The second-order valence-electron chi connectivity index (χ2n) is 4.68. The lowest BCUT2D eigenvalue weighted by Gasteiger charge is -2.11. The fraction of sp³-hybridized carbons (Fsp3) is 0.462. The molecule has 0 saturated carbocycles.